The quantitative estimate of drug-likeness (QED) is 0.408. The number of rotatable bonds is 9. The summed E-state index contributed by atoms with van der Waals surface area (Å²) in [6, 6.07) is 11.0. The Bertz CT molecular complexity index is 1130. The van der Waals surface area contributed by atoms with E-state index in [0.29, 0.717) is 62.9 Å². The summed E-state index contributed by atoms with van der Waals surface area (Å²) in [6.45, 7) is 3.96. The molecule has 0 fully saturated rings. The molecular weight excluding hydrogens is 467 g/mol. The number of ether oxygens (including phenoxy) is 1. The van der Waals surface area contributed by atoms with Gasteiger partial charge in [-0.3, -0.25) is 9.78 Å². The van der Waals surface area contributed by atoms with Crippen molar-refractivity contribution in [1.29, 1.82) is 5.26 Å². The van der Waals surface area contributed by atoms with Gasteiger partial charge < -0.3 is 15.0 Å². The van der Waals surface area contributed by atoms with E-state index in [1.54, 1.807) is 30.6 Å². The number of pyridine rings is 1. The number of carbonyl (C=O) groups excluding carboxylic acids is 1. The molecule has 6 nitrogen and oxygen atoms in total. The number of thiophene rings is 1. The molecule has 9 heteroatoms. The summed E-state index contributed by atoms with van der Waals surface area (Å²) in [5.41, 5.74) is 2.41. The predicted octanol–water partition coefficient (Wildman–Crippen LogP) is 5.39. The number of hydrogen-bond acceptors (Lipinski definition) is 6. The van der Waals surface area contributed by atoms with Gasteiger partial charge in [-0.15, -0.1) is 11.3 Å². The van der Waals surface area contributed by atoms with E-state index in [0.717, 1.165) is 5.56 Å². The summed E-state index contributed by atoms with van der Waals surface area (Å²) >= 11 is 13.8. The number of benzene rings is 1. The summed E-state index contributed by atoms with van der Waals surface area (Å²) < 4.78 is 5.45. The molecule has 0 aliphatic heterocycles. The first-order chi connectivity index (χ1) is 15.5. The van der Waals surface area contributed by atoms with E-state index < -0.39 is 0 Å². The van der Waals surface area contributed by atoms with Crippen molar-refractivity contribution in [1.82, 2.24) is 10.3 Å². The number of nitriles is 1. The molecule has 0 spiro atoms. The molecule has 3 aromatic rings. The van der Waals surface area contributed by atoms with E-state index in [-0.39, 0.29) is 5.91 Å². The lowest BCUT2D eigenvalue weighted by atomic mass is 10.0. The van der Waals surface area contributed by atoms with Crippen LogP contribution in [0, 0.1) is 11.3 Å². The molecule has 0 aliphatic carbocycles. The first-order valence-electron chi connectivity index (χ1n) is 9.94. The molecule has 1 N–H and O–H groups in total. The highest BCUT2D eigenvalue weighted by atomic mass is 35.5. The molecular formula is C23H22Cl2N4O2S. The lowest BCUT2D eigenvalue weighted by Gasteiger charge is -2.17. The highest BCUT2D eigenvalue weighted by molar-refractivity contribution is 7.19. The predicted molar refractivity (Wildman–Crippen MR) is 130 cm³/mol. The smallest absolute Gasteiger partial charge is 0.262 e. The molecule has 2 aromatic heterocycles. The minimum absolute atomic E-state index is 0.284. The SMILES string of the molecule is CCOCCN(C)c1sc(C(=O)NCc2ccncc2)c(-c2ccc(Cl)cc2Cl)c1C#N. The zero-order valence-electron chi connectivity index (χ0n) is 17.7. The lowest BCUT2D eigenvalue weighted by Crippen LogP contribution is -2.22. The first kappa shape index (κ1) is 24.0. The van der Waals surface area contributed by atoms with Crippen LogP contribution in [-0.4, -0.2) is 37.7 Å². The van der Waals surface area contributed by atoms with Gasteiger partial charge in [0.15, 0.2) is 0 Å². The second-order valence-electron chi connectivity index (χ2n) is 6.88. The van der Waals surface area contributed by atoms with Gasteiger partial charge in [-0.25, -0.2) is 0 Å². The summed E-state index contributed by atoms with van der Waals surface area (Å²) in [5, 5.41) is 14.5. The van der Waals surface area contributed by atoms with Crippen LogP contribution in [0.2, 0.25) is 10.0 Å². The minimum Gasteiger partial charge on any atom is -0.380 e. The van der Waals surface area contributed by atoms with Crippen LogP contribution in [0.15, 0.2) is 42.7 Å². The third kappa shape index (κ3) is 5.59. The van der Waals surface area contributed by atoms with Crippen LogP contribution in [-0.2, 0) is 11.3 Å². The average Bonchev–Trinajstić information content (AvgIpc) is 3.18. The van der Waals surface area contributed by atoms with Gasteiger partial charge in [-0.05, 0) is 36.8 Å². The molecule has 0 saturated carbocycles. The van der Waals surface area contributed by atoms with Gasteiger partial charge in [-0.2, -0.15) is 5.26 Å². The number of nitrogens with one attached hydrogen (secondary N) is 1. The van der Waals surface area contributed by atoms with E-state index in [2.05, 4.69) is 16.4 Å². The third-order valence-corrected chi connectivity index (χ3v) is 6.58. The number of nitrogens with zero attached hydrogens (tertiary/aromatic N) is 3. The zero-order chi connectivity index (χ0) is 23.1. The number of carbonyl (C=O) groups is 1. The first-order valence-corrected chi connectivity index (χ1v) is 11.5. The Labute approximate surface area is 201 Å². The maximum Gasteiger partial charge on any atom is 0.262 e. The number of aromatic nitrogens is 1. The number of amides is 1. The average molecular weight is 489 g/mol. The van der Waals surface area contributed by atoms with Gasteiger partial charge >= 0.3 is 0 Å². The zero-order valence-corrected chi connectivity index (χ0v) is 20.0. The summed E-state index contributed by atoms with van der Waals surface area (Å²) in [6.07, 6.45) is 3.34. The van der Waals surface area contributed by atoms with Gasteiger partial charge in [0, 0.05) is 60.3 Å². The number of halogens is 2. The molecule has 0 aliphatic rings. The van der Waals surface area contributed by atoms with Crippen molar-refractivity contribution in [3.05, 3.63) is 68.8 Å². The highest BCUT2D eigenvalue weighted by Gasteiger charge is 2.27. The Morgan fingerprint density at radius 1 is 1.28 bits per heavy atom. The summed E-state index contributed by atoms with van der Waals surface area (Å²) in [4.78, 5) is 19.5. The van der Waals surface area contributed by atoms with Crippen molar-refractivity contribution >= 4 is 45.4 Å². The fraction of sp³-hybridized carbons (Fsp3) is 0.261. The fourth-order valence-corrected chi connectivity index (χ4v) is 4.78. The van der Waals surface area contributed by atoms with E-state index in [4.69, 9.17) is 27.9 Å². The van der Waals surface area contributed by atoms with Gasteiger partial charge in [0.2, 0.25) is 0 Å². The van der Waals surface area contributed by atoms with E-state index >= 15 is 0 Å². The second kappa shape index (κ2) is 11.3. The van der Waals surface area contributed by atoms with Crippen LogP contribution in [0.5, 0.6) is 0 Å². The van der Waals surface area contributed by atoms with Crippen molar-refractivity contribution in [2.45, 2.75) is 13.5 Å². The Balaban J connectivity index is 2.03. The standard InChI is InChI=1S/C23H22Cl2N4O2S/c1-3-31-11-10-29(2)23-18(13-26)20(17-5-4-16(24)12-19(17)25)21(32-23)22(30)28-14-15-6-8-27-9-7-15/h4-9,12H,3,10-11,14H2,1-2H3,(H,28,30). The third-order valence-electron chi connectivity index (χ3n) is 4.73. The lowest BCUT2D eigenvalue weighted by molar-refractivity contribution is 0.0955. The molecule has 3 rings (SSSR count). The molecule has 0 atom stereocenters. The summed E-state index contributed by atoms with van der Waals surface area (Å²) in [5.74, 6) is -0.284. The largest absolute Gasteiger partial charge is 0.380 e. The molecule has 0 saturated heterocycles. The van der Waals surface area contributed by atoms with E-state index in [1.165, 1.54) is 11.3 Å². The molecule has 2 heterocycles. The van der Waals surface area contributed by atoms with Gasteiger partial charge in [0.1, 0.15) is 15.9 Å². The topological polar surface area (TPSA) is 78.2 Å². The Kier molecular flexibility index (Phi) is 8.48. The van der Waals surface area contributed by atoms with Crippen molar-refractivity contribution in [2.75, 3.05) is 31.7 Å². The van der Waals surface area contributed by atoms with Crippen molar-refractivity contribution in [3.63, 3.8) is 0 Å². The normalized spacial score (nSPS) is 10.6. The highest BCUT2D eigenvalue weighted by Crippen LogP contribution is 2.44. The van der Waals surface area contributed by atoms with Gasteiger partial charge in [0.25, 0.3) is 5.91 Å². The Morgan fingerprint density at radius 3 is 2.69 bits per heavy atom. The van der Waals surface area contributed by atoms with Gasteiger partial charge in [0.05, 0.1) is 12.2 Å². The maximum absolute atomic E-state index is 13.2. The van der Waals surface area contributed by atoms with E-state index in [9.17, 15) is 10.1 Å². The van der Waals surface area contributed by atoms with Crippen LogP contribution >= 0.6 is 34.5 Å². The molecule has 0 bridgehead atoms. The van der Waals surface area contributed by atoms with Crippen LogP contribution in [0.3, 0.4) is 0 Å². The molecule has 1 amide bonds. The van der Waals surface area contributed by atoms with Crippen molar-refractivity contribution in [2.24, 2.45) is 0 Å². The second-order valence-corrected chi connectivity index (χ2v) is 8.72. The fourth-order valence-electron chi connectivity index (χ4n) is 3.11. The van der Waals surface area contributed by atoms with Crippen LogP contribution in [0.25, 0.3) is 11.1 Å². The Morgan fingerprint density at radius 2 is 2.03 bits per heavy atom. The molecule has 0 radical (unpaired) electrons. The van der Waals surface area contributed by atoms with Crippen LogP contribution in [0.1, 0.15) is 27.7 Å². The summed E-state index contributed by atoms with van der Waals surface area (Å²) in [7, 11) is 1.87. The molecule has 32 heavy (non-hydrogen) atoms. The minimum atomic E-state index is -0.284. The van der Waals surface area contributed by atoms with Crippen LogP contribution < -0.4 is 10.2 Å². The molecule has 1 aromatic carbocycles. The molecule has 166 valence electrons. The maximum atomic E-state index is 13.2. The number of anilines is 1. The Hall–Kier alpha value is -2.63. The van der Waals surface area contributed by atoms with E-state index in [1.807, 2.05) is 31.0 Å². The monoisotopic (exact) mass is 488 g/mol. The number of hydrogen-bond donors (Lipinski definition) is 1. The van der Waals surface area contributed by atoms with Gasteiger partial charge in [-0.1, -0.05) is 29.3 Å². The van der Waals surface area contributed by atoms with Crippen molar-refractivity contribution in [3.8, 4) is 17.2 Å². The van der Waals surface area contributed by atoms with Crippen LogP contribution in [0.4, 0.5) is 5.00 Å². The van der Waals surface area contributed by atoms with Crippen molar-refractivity contribution < 1.29 is 9.53 Å². The molecule has 0 unspecified atom stereocenters. The number of likely N-dealkylation sites (N-methyl/N-ethyl adjacent to an activating group) is 1.